The van der Waals surface area contributed by atoms with Gasteiger partial charge in [-0.1, -0.05) is 0 Å². The number of rotatable bonds is 3. The Balaban J connectivity index is 2.01. The summed E-state index contributed by atoms with van der Waals surface area (Å²) in [6, 6.07) is 2.71. The zero-order valence-corrected chi connectivity index (χ0v) is 13.2. The molecule has 0 spiro atoms. The van der Waals surface area contributed by atoms with Crippen LogP contribution >= 0.6 is 0 Å². The van der Waals surface area contributed by atoms with E-state index in [9.17, 15) is 18.0 Å². The molecule has 2 heterocycles. The first-order valence-corrected chi connectivity index (χ1v) is 7.74. The number of nitrogens with one attached hydrogen (secondary N) is 1. The fourth-order valence-corrected chi connectivity index (χ4v) is 3.20. The molecule has 7 heteroatoms. The summed E-state index contributed by atoms with van der Waals surface area (Å²) < 4.78 is 40.3. The van der Waals surface area contributed by atoms with Gasteiger partial charge in [0.25, 0.3) is 5.91 Å². The third-order valence-corrected chi connectivity index (χ3v) is 4.40. The highest BCUT2D eigenvalue weighted by Crippen LogP contribution is 2.38. The highest BCUT2D eigenvalue weighted by molar-refractivity contribution is 5.99. The molecule has 4 nitrogen and oxygen atoms in total. The van der Waals surface area contributed by atoms with Crippen molar-refractivity contribution in [3.63, 3.8) is 0 Å². The van der Waals surface area contributed by atoms with Gasteiger partial charge in [0.2, 0.25) is 0 Å². The van der Waals surface area contributed by atoms with Gasteiger partial charge in [0.1, 0.15) is 0 Å². The van der Waals surface area contributed by atoms with Gasteiger partial charge in [0.15, 0.2) is 0 Å². The van der Waals surface area contributed by atoms with Crippen molar-refractivity contribution >= 4 is 5.91 Å². The van der Waals surface area contributed by atoms with E-state index in [1.54, 1.807) is 6.07 Å². The van der Waals surface area contributed by atoms with E-state index in [0.717, 1.165) is 13.1 Å². The van der Waals surface area contributed by atoms with Gasteiger partial charge in [-0.15, -0.1) is 0 Å². The Morgan fingerprint density at radius 2 is 2.04 bits per heavy atom. The molecule has 1 aromatic rings. The molecular weight excluding hydrogens is 307 g/mol. The van der Waals surface area contributed by atoms with E-state index in [2.05, 4.69) is 5.32 Å². The zero-order chi connectivity index (χ0) is 16.8. The summed E-state index contributed by atoms with van der Waals surface area (Å²) in [6.45, 7) is 6.36. The third-order valence-electron chi connectivity index (χ3n) is 4.40. The number of amides is 1. The van der Waals surface area contributed by atoms with Crippen LogP contribution < -0.4 is 5.32 Å². The standard InChI is InChI=1S/C16H20F3N3O/c1-10(2)22-8-13-12(15(22)23)5-11(6-14(13)16(17,18)19)7-21-4-3-20-9-21/h5-6,10,20H,3-4,7-9H2,1-2H3. The number of hydrogen-bond acceptors (Lipinski definition) is 3. The minimum Gasteiger partial charge on any atom is -0.332 e. The van der Waals surface area contributed by atoms with Gasteiger partial charge in [-0.05, 0) is 37.1 Å². The molecular formula is C16H20F3N3O. The Labute approximate surface area is 133 Å². The van der Waals surface area contributed by atoms with Gasteiger partial charge < -0.3 is 10.2 Å². The van der Waals surface area contributed by atoms with Crippen molar-refractivity contribution in [2.24, 2.45) is 0 Å². The van der Waals surface area contributed by atoms with Gasteiger partial charge >= 0.3 is 6.18 Å². The van der Waals surface area contributed by atoms with Crippen molar-refractivity contribution < 1.29 is 18.0 Å². The first kappa shape index (κ1) is 16.3. The van der Waals surface area contributed by atoms with Crippen LogP contribution in [0.2, 0.25) is 0 Å². The summed E-state index contributed by atoms with van der Waals surface area (Å²) in [6.07, 6.45) is -4.45. The van der Waals surface area contributed by atoms with Crippen molar-refractivity contribution in [3.8, 4) is 0 Å². The van der Waals surface area contributed by atoms with Gasteiger partial charge in [0.05, 0.1) is 5.56 Å². The van der Waals surface area contributed by atoms with E-state index in [4.69, 9.17) is 0 Å². The van der Waals surface area contributed by atoms with Crippen LogP contribution in [-0.4, -0.2) is 41.5 Å². The van der Waals surface area contributed by atoms with Gasteiger partial charge in [-0.2, -0.15) is 13.2 Å². The molecule has 1 fully saturated rings. The molecule has 0 saturated carbocycles. The number of carbonyl (C=O) groups excluding carboxylic acids is 1. The maximum Gasteiger partial charge on any atom is 0.416 e. The molecule has 126 valence electrons. The van der Waals surface area contributed by atoms with Crippen molar-refractivity contribution in [2.45, 2.75) is 39.2 Å². The van der Waals surface area contributed by atoms with Crippen LogP contribution in [0.4, 0.5) is 13.2 Å². The number of benzene rings is 1. The first-order chi connectivity index (χ1) is 10.8. The smallest absolute Gasteiger partial charge is 0.332 e. The normalized spacial score (nSPS) is 19.0. The molecule has 0 unspecified atom stereocenters. The summed E-state index contributed by atoms with van der Waals surface area (Å²) in [7, 11) is 0. The van der Waals surface area contributed by atoms with E-state index in [1.807, 2.05) is 18.7 Å². The zero-order valence-electron chi connectivity index (χ0n) is 13.2. The summed E-state index contributed by atoms with van der Waals surface area (Å²) in [5.74, 6) is -0.304. The van der Waals surface area contributed by atoms with E-state index >= 15 is 0 Å². The highest BCUT2D eigenvalue weighted by Gasteiger charge is 2.40. The third kappa shape index (κ3) is 3.07. The molecule has 3 rings (SSSR count). The molecule has 1 aromatic carbocycles. The molecule has 1 saturated heterocycles. The van der Waals surface area contributed by atoms with E-state index in [-0.39, 0.29) is 29.6 Å². The Bertz CT molecular complexity index is 622. The minimum absolute atomic E-state index is 0.0340. The summed E-state index contributed by atoms with van der Waals surface area (Å²) in [4.78, 5) is 16.0. The topological polar surface area (TPSA) is 35.6 Å². The SMILES string of the molecule is CC(C)N1Cc2c(cc(CN3CCNC3)cc2C(F)(F)F)C1=O. The van der Waals surface area contributed by atoms with Gasteiger partial charge in [-0.3, -0.25) is 9.69 Å². The Morgan fingerprint density at radius 1 is 1.30 bits per heavy atom. The fourth-order valence-electron chi connectivity index (χ4n) is 3.20. The maximum absolute atomic E-state index is 13.4. The van der Waals surface area contributed by atoms with Crippen LogP contribution in [0.25, 0.3) is 0 Å². The molecule has 0 atom stereocenters. The summed E-state index contributed by atoms with van der Waals surface area (Å²) in [5.41, 5.74) is 0.183. The molecule has 1 amide bonds. The second kappa shape index (κ2) is 5.79. The Kier molecular flexibility index (Phi) is 4.10. The monoisotopic (exact) mass is 327 g/mol. The van der Waals surface area contributed by atoms with Gasteiger partial charge in [0, 0.05) is 44.5 Å². The summed E-state index contributed by atoms with van der Waals surface area (Å²) in [5, 5.41) is 3.15. The largest absolute Gasteiger partial charge is 0.416 e. The molecule has 0 aromatic heterocycles. The number of alkyl halides is 3. The van der Waals surface area contributed by atoms with Crippen molar-refractivity contribution in [2.75, 3.05) is 19.8 Å². The average molecular weight is 327 g/mol. The quantitative estimate of drug-likeness (QED) is 0.926. The van der Waals surface area contributed by atoms with Crippen LogP contribution in [0.3, 0.4) is 0 Å². The van der Waals surface area contributed by atoms with Crippen LogP contribution in [0.15, 0.2) is 12.1 Å². The second-order valence-electron chi connectivity index (χ2n) is 6.40. The number of halogens is 3. The Hall–Kier alpha value is -1.60. The molecule has 1 N–H and O–H groups in total. The van der Waals surface area contributed by atoms with Crippen LogP contribution in [0.1, 0.15) is 40.9 Å². The van der Waals surface area contributed by atoms with Crippen LogP contribution in [-0.2, 0) is 19.3 Å². The molecule has 0 aliphatic carbocycles. The molecule has 2 aliphatic heterocycles. The predicted octanol–water partition coefficient (Wildman–Crippen LogP) is 2.43. The number of carbonyl (C=O) groups is 1. The van der Waals surface area contributed by atoms with E-state index < -0.39 is 11.7 Å². The van der Waals surface area contributed by atoms with Gasteiger partial charge in [-0.25, -0.2) is 0 Å². The lowest BCUT2D eigenvalue weighted by atomic mass is 9.98. The first-order valence-electron chi connectivity index (χ1n) is 7.74. The summed E-state index contributed by atoms with van der Waals surface area (Å²) >= 11 is 0. The lowest BCUT2D eigenvalue weighted by molar-refractivity contribution is -0.138. The number of nitrogens with zero attached hydrogens (tertiary/aromatic N) is 2. The minimum atomic E-state index is -4.45. The predicted molar refractivity (Wildman–Crippen MR) is 79.7 cm³/mol. The molecule has 0 radical (unpaired) electrons. The molecule has 2 aliphatic rings. The van der Waals surface area contributed by atoms with Crippen LogP contribution in [0.5, 0.6) is 0 Å². The lowest BCUT2D eigenvalue weighted by Gasteiger charge is -2.20. The Morgan fingerprint density at radius 3 is 2.61 bits per heavy atom. The molecule has 0 bridgehead atoms. The number of fused-ring (bicyclic) bond motifs is 1. The maximum atomic E-state index is 13.4. The van der Waals surface area contributed by atoms with Crippen molar-refractivity contribution in [3.05, 3.63) is 34.4 Å². The fraction of sp³-hybridized carbons (Fsp3) is 0.562. The second-order valence-corrected chi connectivity index (χ2v) is 6.40. The van der Waals surface area contributed by atoms with E-state index in [1.165, 1.54) is 11.0 Å². The lowest BCUT2D eigenvalue weighted by Crippen LogP contribution is -2.30. The number of hydrogen-bond donors (Lipinski definition) is 1. The van der Waals surface area contributed by atoms with Crippen LogP contribution in [0, 0.1) is 0 Å². The molecule has 23 heavy (non-hydrogen) atoms. The average Bonchev–Trinajstić information content (AvgIpc) is 3.06. The highest BCUT2D eigenvalue weighted by atomic mass is 19.4. The van der Waals surface area contributed by atoms with Crippen molar-refractivity contribution in [1.29, 1.82) is 0 Å². The van der Waals surface area contributed by atoms with E-state index in [0.29, 0.717) is 18.8 Å². The van der Waals surface area contributed by atoms with Crippen molar-refractivity contribution in [1.82, 2.24) is 15.1 Å².